The van der Waals surface area contributed by atoms with E-state index in [1.165, 1.54) is 46.3 Å². The maximum Gasteiger partial charge on any atom is 0.246 e. The lowest BCUT2D eigenvalue weighted by molar-refractivity contribution is -0.122. The molecule has 4 aromatic rings. The van der Waals surface area contributed by atoms with Gasteiger partial charge in [-0.15, -0.1) is 11.8 Å². The van der Waals surface area contributed by atoms with Crippen molar-refractivity contribution in [1.82, 2.24) is 15.5 Å². The number of benzene rings is 3. The zero-order valence-corrected chi connectivity index (χ0v) is 30.8. The molecule has 1 aliphatic heterocycles. The standard InChI is InChI=1S/C37H36ClN3O10S/c1-18-13-23(42)30(34(44)37(18)35(45)31-26(48-4)16-27(49-5)32(38)33(31)50-37)22(19-7-10-21(52-6)11-8-19)15-28(43)39-17-29-40-36(41-51-29)20-9-12-24(46-2)25(14-20)47-3/h7-12,14,16,18,22,44H,13,15,17H2,1-6H3,(H,39,43)/t18-,22?,37+/m1/s1. The number of nitrogens with one attached hydrogen (secondary N) is 1. The number of Topliss-reactive ketones (excluding diaryl/α,β-unsaturated/α-hetero) is 2. The van der Waals surface area contributed by atoms with E-state index in [2.05, 4.69) is 15.5 Å². The summed E-state index contributed by atoms with van der Waals surface area (Å²) in [6.07, 6.45) is 1.50. The molecule has 6 rings (SSSR count). The average Bonchev–Trinajstić information content (AvgIpc) is 3.76. The molecule has 2 aliphatic rings. The smallest absolute Gasteiger partial charge is 0.246 e. The van der Waals surface area contributed by atoms with E-state index >= 15 is 0 Å². The molecule has 272 valence electrons. The van der Waals surface area contributed by atoms with Crippen LogP contribution in [0.1, 0.15) is 47.5 Å². The minimum absolute atomic E-state index is 0.0147. The van der Waals surface area contributed by atoms with E-state index in [4.69, 9.17) is 39.8 Å². The number of ketones is 2. The minimum atomic E-state index is -2.01. The summed E-state index contributed by atoms with van der Waals surface area (Å²) in [5.74, 6) is -2.16. The zero-order valence-electron chi connectivity index (χ0n) is 29.2. The van der Waals surface area contributed by atoms with Gasteiger partial charge < -0.3 is 38.6 Å². The highest BCUT2D eigenvalue weighted by Crippen LogP contribution is 2.55. The van der Waals surface area contributed by atoms with E-state index in [0.717, 1.165) is 4.90 Å². The molecule has 1 aliphatic carbocycles. The Hall–Kier alpha value is -5.21. The number of halogens is 1. The van der Waals surface area contributed by atoms with E-state index in [0.29, 0.717) is 22.6 Å². The minimum Gasteiger partial charge on any atom is -0.507 e. The van der Waals surface area contributed by atoms with Gasteiger partial charge in [0.25, 0.3) is 0 Å². The number of thioether (sulfide) groups is 1. The molecule has 52 heavy (non-hydrogen) atoms. The lowest BCUT2D eigenvalue weighted by atomic mass is 9.69. The Bertz CT molecular complexity index is 2080. The fourth-order valence-electron chi connectivity index (χ4n) is 6.61. The Kier molecular flexibility index (Phi) is 10.4. The van der Waals surface area contributed by atoms with Crippen LogP contribution in [-0.4, -0.2) is 73.0 Å². The quantitative estimate of drug-likeness (QED) is 0.153. The van der Waals surface area contributed by atoms with Gasteiger partial charge in [0.15, 0.2) is 28.8 Å². The predicted molar refractivity (Wildman–Crippen MR) is 191 cm³/mol. The normalized spacial score (nSPS) is 18.6. The van der Waals surface area contributed by atoms with E-state index in [1.54, 1.807) is 37.3 Å². The number of rotatable bonds is 12. The van der Waals surface area contributed by atoms with Crippen LogP contribution in [-0.2, 0) is 16.1 Å². The van der Waals surface area contributed by atoms with Crippen molar-refractivity contribution in [3.05, 3.63) is 81.9 Å². The highest BCUT2D eigenvalue weighted by atomic mass is 35.5. The Morgan fingerprint density at radius 3 is 2.37 bits per heavy atom. The molecule has 13 nitrogen and oxygen atoms in total. The molecule has 2 heterocycles. The van der Waals surface area contributed by atoms with Gasteiger partial charge in [-0.05, 0) is 42.2 Å². The first-order valence-electron chi connectivity index (χ1n) is 16.1. The number of aliphatic hydroxyl groups is 1. The molecule has 1 spiro atoms. The number of ether oxygens (including phenoxy) is 5. The number of methoxy groups -OCH3 is 4. The zero-order chi connectivity index (χ0) is 37.3. The van der Waals surface area contributed by atoms with Crippen LogP contribution in [0.25, 0.3) is 11.4 Å². The number of nitrogens with zero attached hydrogens (tertiary/aromatic N) is 2. The van der Waals surface area contributed by atoms with Crippen LogP contribution in [0.5, 0.6) is 28.7 Å². The van der Waals surface area contributed by atoms with Crippen molar-refractivity contribution in [3.8, 4) is 40.1 Å². The SMILES string of the molecule is COc1ccc(-c2noc(CNC(=O)CC(C3=C(O)[C@@]4(Oc5c(Cl)c(OC)cc(OC)c5C4=O)[C@H](C)CC3=O)c3ccc(SC)cc3)n2)cc1OC. The number of fused-ring (bicyclic) bond motifs is 1. The summed E-state index contributed by atoms with van der Waals surface area (Å²) in [7, 11) is 5.84. The summed E-state index contributed by atoms with van der Waals surface area (Å²) in [5, 5.41) is 18.9. The summed E-state index contributed by atoms with van der Waals surface area (Å²) < 4.78 is 33.2. The first kappa shape index (κ1) is 36.6. The number of aliphatic hydroxyl groups excluding tert-OH is 1. The predicted octanol–water partition coefficient (Wildman–Crippen LogP) is 6.37. The van der Waals surface area contributed by atoms with E-state index in [-0.39, 0.29) is 64.5 Å². The summed E-state index contributed by atoms with van der Waals surface area (Å²) in [6, 6.07) is 13.9. The molecule has 3 aromatic carbocycles. The first-order valence-corrected chi connectivity index (χ1v) is 17.7. The molecule has 0 fully saturated rings. The third-order valence-corrected chi connectivity index (χ3v) is 10.4. The number of carbonyl (C=O) groups is 3. The van der Waals surface area contributed by atoms with Crippen molar-refractivity contribution in [2.45, 2.75) is 42.7 Å². The largest absolute Gasteiger partial charge is 0.507 e. The summed E-state index contributed by atoms with van der Waals surface area (Å²) >= 11 is 8.13. The lowest BCUT2D eigenvalue weighted by Crippen LogP contribution is -2.53. The van der Waals surface area contributed by atoms with Gasteiger partial charge in [-0.1, -0.05) is 35.8 Å². The van der Waals surface area contributed by atoms with Crippen LogP contribution in [0.15, 0.2) is 69.3 Å². The molecule has 15 heteroatoms. The Morgan fingerprint density at radius 1 is 1.02 bits per heavy atom. The second-order valence-corrected chi connectivity index (χ2v) is 13.4. The Balaban J connectivity index is 1.33. The van der Waals surface area contributed by atoms with Gasteiger partial charge in [-0.25, -0.2) is 0 Å². The first-order chi connectivity index (χ1) is 25.0. The topological polar surface area (TPSA) is 169 Å². The molecule has 0 bridgehead atoms. The van der Waals surface area contributed by atoms with Crippen LogP contribution in [0.4, 0.5) is 0 Å². The number of hydrogen-bond acceptors (Lipinski definition) is 13. The van der Waals surface area contributed by atoms with Gasteiger partial charge in [0, 0.05) is 46.8 Å². The molecule has 2 N–H and O–H groups in total. The van der Waals surface area contributed by atoms with Crippen LogP contribution >= 0.6 is 23.4 Å². The molecule has 1 unspecified atom stereocenters. The summed E-state index contributed by atoms with van der Waals surface area (Å²) in [4.78, 5) is 47.2. The number of carbonyl (C=O) groups excluding carboxylic acids is 3. The van der Waals surface area contributed by atoms with Crippen molar-refractivity contribution in [2.24, 2.45) is 5.92 Å². The number of allylic oxidation sites excluding steroid dienone is 1. The molecule has 1 amide bonds. The summed E-state index contributed by atoms with van der Waals surface area (Å²) in [6.45, 7) is 1.52. The monoisotopic (exact) mass is 749 g/mol. The van der Waals surface area contributed by atoms with Crippen molar-refractivity contribution in [2.75, 3.05) is 34.7 Å². The molecular weight excluding hydrogens is 714 g/mol. The fourth-order valence-corrected chi connectivity index (χ4v) is 7.29. The van der Waals surface area contributed by atoms with Crippen LogP contribution in [0.2, 0.25) is 5.02 Å². The van der Waals surface area contributed by atoms with E-state index in [1.807, 2.05) is 18.4 Å². The van der Waals surface area contributed by atoms with Gasteiger partial charge >= 0.3 is 0 Å². The van der Waals surface area contributed by atoms with E-state index in [9.17, 15) is 19.5 Å². The second kappa shape index (κ2) is 14.8. The van der Waals surface area contributed by atoms with Crippen molar-refractivity contribution in [3.63, 3.8) is 0 Å². The number of amides is 1. The summed E-state index contributed by atoms with van der Waals surface area (Å²) in [5.41, 5.74) is -0.917. The van der Waals surface area contributed by atoms with Gasteiger partial charge in [-0.3, -0.25) is 14.4 Å². The van der Waals surface area contributed by atoms with Crippen molar-refractivity contribution in [1.29, 1.82) is 0 Å². The highest BCUT2D eigenvalue weighted by Gasteiger charge is 2.61. The van der Waals surface area contributed by atoms with Crippen LogP contribution in [0, 0.1) is 5.92 Å². The number of hydrogen-bond donors (Lipinski definition) is 2. The van der Waals surface area contributed by atoms with Gasteiger partial charge in [0.05, 0.1) is 35.0 Å². The lowest BCUT2D eigenvalue weighted by Gasteiger charge is -2.38. The Morgan fingerprint density at radius 2 is 1.71 bits per heavy atom. The molecule has 0 saturated heterocycles. The Labute approximate surface area is 308 Å². The average molecular weight is 750 g/mol. The fraction of sp³-hybridized carbons (Fsp3) is 0.324. The third-order valence-electron chi connectivity index (χ3n) is 9.31. The van der Waals surface area contributed by atoms with Gasteiger partial charge in [-0.2, -0.15) is 4.98 Å². The molecule has 0 radical (unpaired) electrons. The maximum atomic E-state index is 14.3. The van der Waals surface area contributed by atoms with Gasteiger partial charge in [0.1, 0.15) is 22.1 Å². The maximum absolute atomic E-state index is 14.3. The third kappa shape index (κ3) is 6.30. The second-order valence-electron chi connectivity index (χ2n) is 12.1. The van der Waals surface area contributed by atoms with Crippen molar-refractivity contribution >= 4 is 40.8 Å². The molecular formula is C37H36ClN3O10S. The van der Waals surface area contributed by atoms with Crippen molar-refractivity contribution < 1.29 is 47.7 Å². The van der Waals surface area contributed by atoms with Gasteiger partial charge in [0.2, 0.25) is 29.0 Å². The molecule has 3 atom stereocenters. The van der Waals surface area contributed by atoms with Crippen LogP contribution < -0.4 is 29.0 Å². The molecule has 1 aromatic heterocycles. The van der Waals surface area contributed by atoms with E-state index < -0.39 is 40.7 Å². The molecule has 0 saturated carbocycles. The highest BCUT2D eigenvalue weighted by molar-refractivity contribution is 7.98. The van der Waals surface area contributed by atoms with Crippen LogP contribution in [0.3, 0.4) is 0 Å². The number of aromatic nitrogens is 2.